The Hall–Kier alpha value is -1.80. The standard InChI is InChI=1S/C12H15ClN2O5S/c1-15(3-4-21(2,19)20)12(18)14-10-6-8(11(16)17)5-9(13)7-10/h5-7H,3-4H2,1-2H3,(H,14,18)(H,16,17). The third-order valence-electron chi connectivity index (χ3n) is 2.54. The van der Waals surface area contributed by atoms with Gasteiger partial charge in [0.2, 0.25) is 0 Å². The van der Waals surface area contributed by atoms with Crippen LogP contribution < -0.4 is 5.32 Å². The number of nitrogens with one attached hydrogen (secondary N) is 1. The molecule has 0 aliphatic rings. The van der Waals surface area contributed by atoms with Gasteiger partial charge in [-0.1, -0.05) is 11.6 Å². The van der Waals surface area contributed by atoms with Gasteiger partial charge in [0.25, 0.3) is 0 Å². The van der Waals surface area contributed by atoms with Crippen LogP contribution in [0.1, 0.15) is 10.4 Å². The first-order chi connectivity index (χ1) is 9.58. The number of carboxylic acids is 1. The molecule has 0 bridgehead atoms. The highest BCUT2D eigenvalue weighted by Gasteiger charge is 2.13. The highest BCUT2D eigenvalue weighted by Crippen LogP contribution is 2.19. The monoisotopic (exact) mass is 334 g/mol. The van der Waals surface area contributed by atoms with Gasteiger partial charge in [-0.3, -0.25) is 0 Å². The number of urea groups is 1. The minimum atomic E-state index is -3.17. The molecular weight excluding hydrogens is 320 g/mol. The fraction of sp³-hybridized carbons (Fsp3) is 0.333. The van der Waals surface area contributed by atoms with Gasteiger partial charge in [-0.25, -0.2) is 18.0 Å². The molecule has 0 saturated heterocycles. The molecule has 0 fully saturated rings. The molecule has 1 rings (SSSR count). The molecule has 2 amide bonds. The van der Waals surface area contributed by atoms with Crippen molar-refractivity contribution in [2.75, 3.05) is 30.9 Å². The number of anilines is 1. The predicted molar refractivity (Wildman–Crippen MR) is 79.8 cm³/mol. The van der Waals surface area contributed by atoms with Gasteiger partial charge in [0.1, 0.15) is 9.84 Å². The van der Waals surface area contributed by atoms with Gasteiger partial charge >= 0.3 is 12.0 Å². The Morgan fingerprint density at radius 1 is 1.33 bits per heavy atom. The van der Waals surface area contributed by atoms with E-state index in [2.05, 4.69) is 5.32 Å². The van der Waals surface area contributed by atoms with Gasteiger partial charge in [0, 0.05) is 30.6 Å². The van der Waals surface area contributed by atoms with E-state index < -0.39 is 21.8 Å². The third kappa shape index (κ3) is 6.01. The van der Waals surface area contributed by atoms with Crippen molar-refractivity contribution in [3.8, 4) is 0 Å². The molecule has 1 aromatic rings. The number of carbonyl (C=O) groups excluding carboxylic acids is 1. The molecule has 0 spiro atoms. The molecule has 0 aliphatic heterocycles. The lowest BCUT2D eigenvalue weighted by molar-refractivity contribution is 0.0697. The topological polar surface area (TPSA) is 104 Å². The summed E-state index contributed by atoms with van der Waals surface area (Å²) in [5, 5.41) is 11.5. The summed E-state index contributed by atoms with van der Waals surface area (Å²) in [5.74, 6) is -1.33. The van der Waals surface area contributed by atoms with Gasteiger partial charge < -0.3 is 15.3 Å². The van der Waals surface area contributed by atoms with E-state index in [9.17, 15) is 18.0 Å². The highest BCUT2D eigenvalue weighted by molar-refractivity contribution is 7.90. The van der Waals surface area contributed by atoms with Crippen LogP contribution in [0.5, 0.6) is 0 Å². The average Bonchev–Trinajstić information content (AvgIpc) is 2.34. The lowest BCUT2D eigenvalue weighted by Crippen LogP contribution is -2.34. The molecule has 0 radical (unpaired) electrons. The molecule has 116 valence electrons. The largest absolute Gasteiger partial charge is 0.478 e. The Bertz CT molecular complexity index is 660. The van der Waals surface area contributed by atoms with Gasteiger partial charge in [-0.05, 0) is 18.2 Å². The van der Waals surface area contributed by atoms with E-state index in [1.165, 1.54) is 30.1 Å². The molecular formula is C12H15ClN2O5S. The van der Waals surface area contributed by atoms with Crippen molar-refractivity contribution >= 4 is 39.1 Å². The number of rotatable bonds is 5. The fourth-order valence-electron chi connectivity index (χ4n) is 1.41. The van der Waals surface area contributed by atoms with Gasteiger partial charge in [-0.15, -0.1) is 0 Å². The average molecular weight is 335 g/mol. The maximum absolute atomic E-state index is 11.9. The van der Waals surface area contributed by atoms with Crippen molar-refractivity contribution in [3.63, 3.8) is 0 Å². The SMILES string of the molecule is CN(CCS(C)(=O)=O)C(=O)Nc1cc(Cl)cc(C(=O)O)c1. The minimum Gasteiger partial charge on any atom is -0.478 e. The van der Waals surface area contributed by atoms with Crippen LogP contribution in [0.15, 0.2) is 18.2 Å². The summed E-state index contributed by atoms with van der Waals surface area (Å²) in [6, 6.07) is 3.36. The Kier molecular flexibility index (Phi) is 5.56. The van der Waals surface area contributed by atoms with E-state index in [0.717, 1.165) is 6.26 Å². The van der Waals surface area contributed by atoms with Crippen LogP contribution in [-0.4, -0.2) is 56.0 Å². The number of carbonyl (C=O) groups is 2. The molecule has 0 aliphatic carbocycles. The number of nitrogens with zero attached hydrogens (tertiary/aromatic N) is 1. The van der Waals surface area contributed by atoms with Gasteiger partial charge in [-0.2, -0.15) is 0 Å². The first-order valence-electron chi connectivity index (χ1n) is 5.82. The summed E-state index contributed by atoms with van der Waals surface area (Å²) in [6.07, 6.45) is 1.08. The van der Waals surface area contributed by atoms with Crippen LogP contribution in [0.25, 0.3) is 0 Å². The summed E-state index contributed by atoms with van der Waals surface area (Å²) in [4.78, 5) is 23.9. The van der Waals surface area contributed by atoms with Crippen molar-refractivity contribution in [1.82, 2.24) is 4.90 Å². The van der Waals surface area contributed by atoms with Crippen molar-refractivity contribution in [2.24, 2.45) is 0 Å². The second-order valence-corrected chi connectivity index (χ2v) is 7.21. The summed E-state index contributed by atoms with van der Waals surface area (Å²) in [7, 11) is -1.74. The van der Waals surface area contributed by atoms with E-state index in [-0.39, 0.29) is 28.6 Å². The maximum atomic E-state index is 11.9. The quantitative estimate of drug-likeness (QED) is 0.850. The van der Waals surface area contributed by atoms with E-state index in [4.69, 9.17) is 16.7 Å². The van der Waals surface area contributed by atoms with Gasteiger partial charge in [0.05, 0.1) is 11.3 Å². The predicted octanol–water partition coefficient (Wildman–Crippen LogP) is 1.55. The first kappa shape index (κ1) is 17.3. The van der Waals surface area contributed by atoms with Gasteiger partial charge in [0.15, 0.2) is 0 Å². The Balaban J connectivity index is 2.76. The van der Waals surface area contributed by atoms with Crippen molar-refractivity contribution in [1.29, 1.82) is 0 Å². The first-order valence-corrected chi connectivity index (χ1v) is 8.26. The Morgan fingerprint density at radius 2 is 1.95 bits per heavy atom. The second-order valence-electron chi connectivity index (χ2n) is 4.52. The molecule has 2 N–H and O–H groups in total. The number of halogens is 1. The number of aromatic carboxylic acids is 1. The summed E-state index contributed by atoms with van der Waals surface area (Å²) in [5.41, 5.74) is 0.160. The molecule has 7 nitrogen and oxygen atoms in total. The summed E-state index contributed by atoms with van der Waals surface area (Å²) < 4.78 is 22.1. The number of amides is 2. The lowest BCUT2D eigenvalue weighted by Gasteiger charge is -2.17. The molecule has 9 heteroatoms. The van der Waals surface area contributed by atoms with Crippen LogP contribution in [0, 0.1) is 0 Å². The number of hydrogen-bond acceptors (Lipinski definition) is 4. The zero-order chi connectivity index (χ0) is 16.2. The molecule has 0 saturated carbocycles. The number of sulfone groups is 1. The van der Waals surface area contributed by atoms with Crippen molar-refractivity contribution < 1.29 is 23.1 Å². The van der Waals surface area contributed by atoms with E-state index in [1.54, 1.807) is 0 Å². The lowest BCUT2D eigenvalue weighted by atomic mass is 10.2. The second kappa shape index (κ2) is 6.77. The van der Waals surface area contributed by atoms with Crippen LogP contribution >= 0.6 is 11.6 Å². The molecule has 0 aromatic heterocycles. The van der Waals surface area contributed by atoms with E-state index in [1.807, 2.05) is 0 Å². The Morgan fingerprint density at radius 3 is 2.48 bits per heavy atom. The zero-order valence-corrected chi connectivity index (χ0v) is 13.0. The number of hydrogen-bond donors (Lipinski definition) is 2. The minimum absolute atomic E-state index is 0.0248. The number of carboxylic acid groups (broad SMARTS) is 1. The van der Waals surface area contributed by atoms with Crippen LogP contribution in [-0.2, 0) is 9.84 Å². The normalized spacial score (nSPS) is 11.0. The fourth-order valence-corrected chi connectivity index (χ4v) is 2.25. The van der Waals surface area contributed by atoms with Crippen molar-refractivity contribution in [2.45, 2.75) is 0 Å². The molecule has 21 heavy (non-hydrogen) atoms. The van der Waals surface area contributed by atoms with E-state index in [0.29, 0.717) is 0 Å². The molecule has 0 unspecified atom stereocenters. The maximum Gasteiger partial charge on any atom is 0.335 e. The molecule has 1 aromatic carbocycles. The van der Waals surface area contributed by atoms with E-state index >= 15 is 0 Å². The Labute approximate surface area is 127 Å². The molecule has 0 heterocycles. The zero-order valence-electron chi connectivity index (χ0n) is 11.5. The van der Waals surface area contributed by atoms with Crippen LogP contribution in [0.4, 0.5) is 10.5 Å². The summed E-state index contributed by atoms with van der Waals surface area (Å²) in [6.45, 7) is 0.0248. The van der Waals surface area contributed by atoms with Crippen LogP contribution in [0.2, 0.25) is 5.02 Å². The summed E-state index contributed by atoms with van der Waals surface area (Å²) >= 11 is 5.77. The third-order valence-corrected chi connectivity index (χ3v) is 3.68. The highest BCUT2D eigenvalue weighted by atomic mass is 35.5. The smallest absolute Gasteiger partial charge is 0.335 e. The van der Waals surface area contributed by atoms with Crippen LogP contribution in [0.3, 0.4) is 0 Å². The van der Waals surface area contributed by atoms with Crippen molar-refractivity contribution in [3.05, 3.63) is 28.8 Å². The molecule has 0 atom stereocenters. The number of benzene rings is 1.